The summed E-state index contributed by atoms with van der Waals surface area (Å²) in [4.78, 5) is 14.1. The van der Waals surface area contributed by atoms with Crippen LogP contribution in [0, 0.1) is 0 Å². The molecule has 0 aromatic heterocycles. The topological polar surface area (TPSA) is 58.4 Å². The zero-order valence-electron chi connectivity index (χ0n) is 12.8. The van der Waals surface area contributed by atoms with E-state index in [1.807, 2.05) is 39.6 Å². The molecule has 3 N–H and O–H groups in total. The first kappa shape index (κ1) is 16.6. The van der Waals surface area contributed by atoms with E-state index >= 15 is 0 Å². The molecule has 1 amide bonds. The van der Waals surface area contributed by atoms with Gasteiger partial charge in [0.05, 0.1) is 11.4 Å². The summed E-state index contributed by atoms with van der Waals surface area (Å²) in [6.07, 6.45) is 0.870. The normalized spacial score (nSPS) is 12.9. The van der Waals surface area contributed by atoms with Crippen molar-refractivity contribution in [2.24, 2.45) is 0 Å². The quantitative estimate of drug-likeness (QED) is 0.821. The summed E-state index contributed by atoms with van der Waals surface area (Å²) in [5.74, 6) is -0.0290. The van der Waals surface area contributed by atoms with E-state index in [0.29, 0.717) is 10.7 Å². The van der Waals surface area contributed by atoms with E-state index in [0.717, 1.165) is 12.1 Å². The van der Waals surface area contributed by atoms with Gasteiger partial charge in [-0.3, -0.25) is 4.79 Å². The number of benzene rings is 1. The second kappa shape index (κ2) is 6.35. The van der Waals surface area contributed by atoms with Crippen LogP contribution in [0.2, 0.25) is 5.02 Å². The Morgan fingerprint density at radius 1 is 1.50 bits per heavy atom. The van der Waals surface area contributed by atoms with Crippen LogP contribution >= 0.6 is 11.6 Å². The van der Waals surface area contributed by atoms with Gasteiger partial charge in [-0.15, -0.1) is 0 Å². The van der Waals surface area contributed by atoms with Crippen LogP contribution in [0.25, 0.3) is 0 Å². The molecule has 0 heterocycles. The van der Waals surface area contributed by atoms with Crippen molar-refractivity contribution in [1.82, 2.24) is 5.32 Å². The van der Waals surface area contributed by atoms with Gasteiger partial charge in [-0.2, -0.15) is 0 Å². The highest BCUT2D eigenvalue weighted by atomic mass is 35.5. The monoisotopic (exact) mass is 297 g/mol. The van der Waals surface area contributed by atoms with Crippen molar-refractivity contribution in [3.05, 3.63) is 23.2 Å². The number of amides is 1. The molecule has 0 aliphatic carbocycles. The fraction of sp³-hybridized carbons (Fsp3) is 0.533. The van der Waals surface area contributed by atoms with E-state index in [1.54, 1.807) is 18.2 Å². The Morgan fingerprint density at radius 3 is 2.65 bits per heavy atom. The molecular weight excluding hydrogens is 274 g/mol. The van der Waals surface area contributed by atoms with Crippen molar-refractivity contribution in [1.29, 1.82) is 0 Å². The molecule has 1 unspecified atom stereocenters. The minimum atomic E-state index is -0.332. The van der Waals surface area contributed by atoms with E-state index in [4.69, 9.17) is 17.3 Å². The van der Waals surface area contributed by atoms with E-state index < -0.39 is 0 Å². The number of hydrogen-bond acceptors (Lipinski definition) is 3. The Morgan fingerprint density at radius 2 is 2.10 bits per heavy atom. The van der Waals surface area contributed by atoms with Gasteiger partial charge in [-0.25, -0.2) is 0 Å². The largest absolute Gasteiger partial charge is 0.397 e. The van der Waals surface area contributed by atoms with E-state index in [-0.39, 0.29) is 17.5 Å². The van der Waals surface area contributed by atoms with Gasteiger partial charge in [0.15, 0.2) is 0 Å². The number of nitrogens with two attached hydrogens (primary N) is 1. The molecule has 1 atom stereocenters. The molecule has 0 bridgehead atoms. The highest BCUT2D eigenvalue weighted by Gasteiger charge is 2.25. The molecule has 0 spiro atoms. The zero-order chi connectivity index (χ0) is 15.5. The number of likely N-dealkylation sites (N-methyl/N-ethyl adjacent to an activating group) is 1. The molecule has 1 aromatic rings. The molecule has 20 heavy (non-hydrogen) atoms. The third-order valence-electron chi connectivity index (χ3n) is 3.68. The second-order valence-corrected chi connectivity index (χ2v) is 6.15. The molecule has 0 radical (unpaired) electrons. The third-order valence-corrected chi connectivity index (χ3v) is 3.91. The summed E-state index contributed by atoms with van der Waals surface area (Å²) in [6, 6.07) is 4.92. The van der Waals surface area contributed by atoms with Gasteiger partial charge in [-0.1, -0.05) is 18.5 Å². The van der Waals surface area contributed by atoms with Gasteiger partial charge in [0.1, 0.15) is 6.04 Å². The van der Waals surface area contributed by atoms with E-state index in [2.05, 4.69) is 5.32 Å². The number of nitrogen functional groups attached to an aromatic ring is 1. The molecule has 1 aromatic carbocycles. The number of hydrogen-bond donors (Lipinski definition) is 2. The lowest BCUT2D eigenvalue weighted by Gasteiger charge is -2.31. The Balaban J connectivity index is 2.88. The minimum absolute atomic E-state index is 0.0290. The van der Waals surface area contributed by atoms with E-state index in [9.17, 15) is 4.79 Å². The van der Waals surface area contributed by atoms with Gasteiger partial charge in [0.2, 0.25) is 5.91 Å². The van der Waals surface area contributed by atoms with Gasteiger partial charge in [0.25, 0.3) is 0 Å². The van der Waals surface area contributed by atoms with Crippen molar-refractivity contribution in [3.63, 3.8) is 0 Å². The molecule has 0 aliphatic rings. The van der Waals surface area contributed by atoms with Crippen LogP contribution in [0.5, 0.6) is 0 Å². The molecular formula is C15H24ClN3O. The standard InChI is InChI=1S/C15H24ClN3O/c1-6-15(3,4)18-14(20)10(2)19(5)13-9-11(16)7-8-12(13)17/h7-10H,6,17H2,1-5H3,(H,18,20). The molecule has 0 aliphatic heterocycles. The predicted molar refractivity (Wildman–Crippen MR) is 86.2 cm³/mol. The molecule has 112 valence electrons. The first-order valence-electron chi connectivity index (χ1n) is 6.78. The first-order valence-corrected chi connectivity index (χ1v) is 7.15. The van der Waals surface area contributed by atoms with Crippen LogP contribution in [0.4, 0.5) is 11.4 Å². The van der Waals surface area contributed by atoms with Crippen molar-refractivity contribution >= 4 is 28.9 Å². The summed E-state index contributed by atoms with van der Waals surface area (Å²) >= 11 is 5.99. The number of carbonyl (C=O) groups excluding carboxylic acids is 1. The van der Waals surface area contributed by atoms with Crippen LogP contribution in [-0.2, 0) is 4.79 Å². The van der Waals surface area contributed by atoms with Crippen LogP contribution in [0.3, 0.4) is 0 Å². The smallest absolute Gasteiger partial charge is 0.242 e. The van der Waals surface area contributed by atoms with Crippen LogP contribution < -0.4 is 16.0 Å². The third kappa shape index (κ3) is 4.04. The van der Waals surface area contributed by atoms with Gasteiger partial charge < -0.3 is 16.0 Å². The van der Waals surface area contributed by atoms with Crippen molar-refractivity contribution in [3.8, 4) is 0 Å². The summed E-state index contributed by atoms with van der Waals surface area (Å²) in [5, 5.41) is 3.64. The van der Waals surface area contributed by atoms with Gasteiger partial charge in [-0.05, 0) is 45.4 Å². The lowest BCUT2D eigenvalue weighted by molar-refractivity contribution is -0.123. The number of rotatable bonds is 5. The van der Waals surface area contributed by atoms with Crippen LogP contribution in [0.1, 0.15) is 34.1 Å². The highest BCUT2D eigenvalue weighted by molar-refractivity contribution is 6.31. The fourth-order valence-electron chi connectivity index (χ4n) is 1.73. The summed E-state index contributed by atoms with van der Waals surface area (Å²) in [6.45, 7) is 7.90. The lowest BCUT2D eigenvalue weighted by atomic mass is 10.0. The van der Waals surface area contributed by atoms with Crippen molar-refractivity contribution < 1.29 is 4.79 Å². The lowest BCUT2D eigenvalue weighted by Crippen LogP contribution is -2.51. The number of nitrogens with one attached hydrogen (secondary N) is 1. The molecule has 0 saturated carbocycles. The first-order chi connectivity index (χ1) is 9.18. The minimum Gasteiger partial charge on any atom is -0.397 e. The Bertz CT molecular complexity index is 488. The SMILES string of the molecule is CCC(C)(C)NC(=O)C(C)N(C)c1cc(Cl)ccc1N. The Labute approximate surface area is 126 Å². The predicted octanol–water partition coefficient (Wildman–Crippen LogP) is 3.05. The number of nitrogens with zero attached hydrogens (tertiary/aromatic N) is 1. The summed E-state index contributed by atoms with van der Waals surface area (Å²) in [5.41, 5.74) is 7.10. The average Bonchev–Trinajstić information content (AvgIpc) is 2.39. The molecule has 1 rings (SSSR count). The average molecular weight is 298 g/mol. The fourth-order valence-corrected chi connectivity index (χ4v) is 1.90. The molecule has 0 saturated heterocycles. The Hall–Kier alpha value is -1.42. The molecule has 5 heteroatoms. The van der Waals surface area contributed by atoms with Gasteiger partial charge >= 0.3 is 0 Å². The molecule has 4 nitrogen and oxygen atoms in total. The van der Waals surface area contributed by atoms with Gasteiger partial charge in [0, 0.05) is 17.6 Å². The number of halogens is 1. The highest BCUT2D eigenvalue weighted by Crippen LogP contribution is 2.27. The summed E-state index contributed by atoms with van der Waals surface area (Å²) in [7, 11) is 1.84. The Kier molecular flexibility index (Phi) is 5.28. The number of carbonyl (C=O) groups is 1. The number of anilines is 2. The van der Waals surface area contributed by atoms with Crippen molar-refractivity contribution in [2.75, 3.05) is 17.7 Å². The van der Waals surface area contributed by atoms with E-state index in [1.165, 1.54) is 0 Å². The van der Waals surface area contributed by atoms with Crippen LogP contribution in [0.15, 0.2) is 18.2 Å². The van der Waals surface area contributed by atoms with Crippen LogP contribution in [-0.4, -0.2) is 24.5 Å². The zero-order valence-corrected chi connectivity index (χ0v) is 13.6. The maximum Gasteiger partial charge on any atom is 0.242 e. The molecule has 0 fully saturated rings. The summed E-state index contributed by atoms with van der Waals surface area (Å²) < 4.78 is 0. The van der Waals surface area contributed by atoms with Crippen molar-refractivity contribution in [2.45, 2.75) is 45.7 Å². The maximum absolute atomic E-state index is 12.3. The second-order valence-electron chi connectivity index (χ2n) is 5.72. The maximum atomic E-state index is 12.3.